The van der Waals surface area contributed by atoms with E-state index in [1.165, 1.54) is 18.2 Å². The van der Waals surface area contributed by atoms with Crippen LogP contribution in [0.25, 0.3) is 0 Å². The number of rotatable bonds is 4. The summed E-state index contributed by atoms with van der Waals surface area (Å²) in [5.74, 6) is -0.631. The van der Waals surface area contributed by atoms with Crippen LogP contribution in [-0.2, 0) is 4.79 Å². The molecule has 1 aromatic carbocycles. The molecular weight excluding hydrogens is 293 g/mol. The van der Waals surface area contributed by atoms with Gasteiger partial charge < -0.3 is 10.3 Å². The van der Waals surface area contributed by atoms with Crippen molar-refractivity contribution in [3.8, 4) is 0 Å². The summed E-state index contributed by atoms with van der Waals surface area (Å²) in [4.78, 5) is 29.8. The Hall–Kier alpha value is -2.15. The highest BCUT2D eigenvalue weighted by Crippen LogP contribution is 2.17. The fourth-order valence-electron chi connectivity index (χ4n) is 1.67. The van der Waals surface area contributed by atoms with E-state index in [-0.39, 0.29) is 17.2 Å². The van der Waals surface area contributed by atoms with Crippen molar-refractivity contribution in [1.82, 2.24) is 9.97 Å². The highest BCUT2D eigenvalue weighted by Gasteiger charge is 2.08. The maximum Gasteiger partial charge on any atom is 0.251 e. The largest absolute Gasteiger partial charge is 0.325 e. The SMILES string of the molecule is Cc1cc(=O)[nH]c(SCC(=O)Nc2cc(F)ccc2C)n1. The number of nitrogens with zero attached hydrogens (tertiary/aromatic N) is 1. The number of halogens is 1. The first-order valence-corrected chi connectivity index (χ1v) is 7.19. The lowest BCUT2D eigenvalue weighted by molar-refractivity contribution is -0.113. The molecule has 0 atom stereocenters. The van der Waals surface area contributed by atoms with Gasteiger partial charge in [-0.25, -0.2) is 9.37 Å². The van der Waals surface area contributed by atoms with Gasteiger partial charge in [0.05, 0.1) is 5.75 Å². The predicted molar refractivity (Wildman–Crippen MR) is 80.1 cm³/mol. The van der Waals surface area contributed by atoms with E-state index >= 15 is 0 Å². The van der Waals surface area contributed by atoms with Crippen LogP contribution in [-0.4, -0.2) is 21.6 Å². The van der Waals surface area contributed by atoms with Crippen molar-refractivity contribution in [2.45, 2.75) is 19.0 Å². The molecule has 0 unspecified atom stereocenters. The Balaban J connectivity index is 1.99. The van der Waals surface area contributed by atoms with Gasteiger partial charge in [-0.1, -0.05) is 17.8 Å². The topological polar surface area (TPSA) is 74.8 Å². The minimum absolute atomic E-state index is 0.0718. The van der Waals surface area contributed by atoms with Crippen molar-refractivity contribution in [1.29, 1.82) is 0 Å². The van der Waals surface area contributed by atoms with Gasteiger partial charge in [-0.05, 0) is 31.5 Å². The minimum Gasteiger partial charge on any atom is -0.325 e. The summed E-state index contributed by atoms with van der Waals surface area (Å²) < 4.78 is 13.1. The highest BCUT2D eigenvalue weighted by molar-refractivity contribution is 7.99. The Morgan fingerprint density at radius 2 is 2.14 bits per heavy atom. The summed E-state index contributed by atoms with van der Waals surface area (Å²) >= 11 is 1.11. The Labute approximate surface area is 125 Å². The molecule has 1 heterocycles. The number of aryl methyl sites for hydroxylation is 2. The minimum atomic E-state index is -0.409. The van der Waals surface area contributed by atoms with Crippen molar-refractivity contribution in [3.05, 3.63) is 51.7 Å². The van der Waals surface area contributed by atoms with Crippen molar-refractivity contribution >= 4 is 23.4 Å². The number of nitrogens with one attached hydrogen (secondary N) is 2. The quantitative estimate of drug-likeness (QED) is 0.671. The van der Waals surface area contributed by atoms with Crippen LogP contribution in [0, 0.1) is 19.7 Å². The van der Waals surface area contributed by atoms with Gasteiger partial charge in [-0.3, -0.25) is 9.59 Å². The van der Waals surface area contributed by atoms with Crippen LogP contribution in [0.3, 0.4) is 0 Å². The molecule has 5 nitrogen and oxygen atoms in total. The third-order valence-corrected chi connectivity index (χ3v) is 3.54. The zero-order valence-electron chi connectivity index (χ0n) is 11.6. The van der Waals surface area contributed by atoms with Gasteiger partial charge in [0, 0.05) is 17.4 Å². The molecule has 2 N–H and O–H groups in total. The Morgan fingerprint density at radius 3 is 2.86 bits per heavy atom. The van der Waals surface area contributed by atoms with Gasteiger partial charge in [0.1, 0.15) is 5.82 Å². The van der Waals surface area contributed by atoms with E-state index in [1.54, 1.807) is 19.9 Å². The lowest BCUT2D eigenvalue weighted by atomic mass is 10.2. The summed E-state index contributed by atoms with van der Waals surface area (Å²) in [5, 5.41) is 3.01. The molecule has 110 valence electrons. The van der Waals surface area contributed by atoms with Crippen molar-refractivity contribution < 1.29 is 9.18 Å². The highest BCUT2D eigenvalue weighted by atomic mass is 32.2. The predicted octanol–water partition coefficient (Wildman–Crippen LogP) is 2.26. The summed E-state index contributed by atoms with van der Waals surface area (Å²) in [7, 11) is 0. The maximum absolute atomic E-state index is 13.1. The number of benzene rings is 1. The van der Waals surface area contributed by atoms with Gasteiger partial charge in [0.25, 0.3) is 5.56 Å². The molecule has 0 saturated heterocycles. The summed E-state index contributed by atoms with van der Waals surface area (Å²) in [6.45, 7) is 3.48. The number of carbonyl (C=O) groups excluding carboxylic acids is 1. The third-order valence-electron chi connectivity index (χ3n) is 2.66. The molecule has 21 heavy (non-hydrogen) atoms. The van der Waals surface area contributed by atoms with Crippen LogP contribution >= 0.6 is 11.8 Å². The molecule has 0 saturated carbocycles. The molecule has 0 aliphatic carbocycles. The fraction of sp³-hybridized carbons (Fsp3) is 0.214. The Morgan fingerprint density at radius 1 is 1.38 bits per heavy atom. The fourth-order valence-corrected chi connectivity index (χ4v) is 2.39. The van der Waals surface area contributed by atoms with Gasteiger partial charge in [-0.2, -0.15) is 0 Å². The number of aromatic amines is 1. The normalized spacial score (nSPS) is 10.4. The molecule has 0 bridgehead atoms. The van der Waals surface area contributed by atoms with Crippen LogP contribution in [0.15, 0.2) is 34.2 Å². The molecule has 0 radical (unpaired) electrons. The number of anilines is 1. The monoisotopic (exact) mass is 307 g/mol. The molecule has 1 aromatic heterocycles. The summed E-state index contributed by atoms with van der Waals surface area (Å²) in [6, 6.07) is 5.57. The molecule has 2 rings (SSSR count). The first kappa shape index (κ1) is 15.2. The van der Waals surface area contributed by atoms with Crippen LogP contribution in [0.4, 0.5) is 10.1 Å². The van der Waals surface area contributed by atoms with Crippen molar-refractivity contribution in [3.63, 3.8) is 0 Å². The molecule has 0 fully saturated rings. The smallest absolute Gasteiger partial charge is 0.251 e. The summed E-state index contributed by atoms with van der Waals surface area (Å²) in [5.41, 5.74) is 1.54. The zero-order valence-corrected chi connectivity index (χ0v) is 12.4. The summed E-state index contributed by atoms with van der Waals surface area (Å²) in [6.07, 6.45) is 0. The second kappa shape index (κ2) is 6.53. The van der Waals surface area contributed by atoms with Crippen LogP contribution in [0.2, 0.25) is 0 Å². The van der Waals surface area contributed by atoms with Crippen molar-refractivity contribution in [2.75, 3.05) is 11.1 Å². The van der Waals surface area contributed by atoms with Gasteiger partial charge in [-0.15, -0.1) is 0 Å². The number of amides is 1. The number of H-pyrrole nitrogens is 1. The van der Waals surface area contributed by atoms with E-state index in [0.29, 0.717) is 16.5 Å². The Kier molecular flexibility index (Phi) is 4.74. The molecule has 2 aromatic rings. The second-order valence-corrected chi connectivity index (χ2v) is 5.45. The van der Waals surface area contributed by atoms with E-state index in [2.05, 4.69) is 15.3 Å². The van der Waals surface area contributed by atoms with E-state index in [9.17, 15) is 14.0 Å². The van der Waals surface area contributed by atoms with Crippen molar-refractivity contribution in [2.24, 2.45) is 0 Å². The molecule has 0 aliphatic heterocycles. The number of thioether (sulfide) groups is 1. The van der Waals surface area contributed by atoms with Gasteiger partial charge in [0.2, 0.25) is 5.91 Å². The average Bonchev–Trinajstić information content (AvgIpc) is 2.40. The van der Waals surface area contributed by atoms with Gasteiger partial charge in [0.15, 0.2) is 5.16 Å². The molecular formula is C14H14FN3O2S. The number of hydrogen-bond donors (Lipinski definition) is 2. The first-order valence-electron chi connectivity index (χ1n) is 6.21. The van der Waals surface area contributed by atoms with Gasteiger partial charge >= 0.3 is 0 Å². The van der Waals surface area contributed by atoms with E-state index in [4.69, 9.17) is 0 Å². The zero-order chi connectivity index (χ0) is 15.4. The standard InChI is InChI=1S/C14H14FN3O2S/c1-8-3-4-10(15)6-11(8)17-13(20)7-21-14-16-9(2)5-12(19)18-14/h3-6H,7H2,1-2H3,(H,17,20)(H,16,18,19). The van der Waals surface area contributed by atoms with E-state index in [0.717, 1.165) is 17.3 Å². The maximum atomic E-state index is 13.1. The Bertz CT molecular complexity index is 730. The van der Waals surface area contributed by atoms with E-state index < -0.39 is 5.82 Å². The lowest BCUT2D eigenvalue weighted by Gasteiger charge is -2.08. The number of hydrogen-bond acceptors (Lipinski definition) is 4. The second-order valence-electron chi connectivity index (χ2n) is 4.49. The third kappa shape index (κ3) is 4.42. The average molecular weight is 307 g/mol. The number of carbonyl (C=O) groups is 1. The molecule has 0 spiro atoms. The van der Waals surface area contributed by atoms with Crippen LogP contribution < -0.4 is 10.9 Å². The molecule has 1 amide bonds. The van der Waals surface area contributed by atoms with Crippen LogP contribution in [0.1, 0.15) is 11.3 Å². The molecule has 7 heteroatoms. The lowest BCUT2D eigenvalue weighted by Crippen LogP contribution is -2.16. The molecule has 0 aliphatic rings. The van der Waals surface area contributed by atoms with E-state index in [1.807, 2.05) is 0 Å². The first-order chi connectivity index (χ1) is 9.94. The number of aromatic nitrogens is 2. The van der Waals surface area contributed by atoms with Crippen LogP contribution in [0.5, 0.6) is 0 Å².